The fraction of sp³-hybridized carbons (Fsp3) is 1.00. The zero-order valence-corrected chi connectivity index (χ0v) is 11.2. The summed E-state index contributed by atoms with van der Waals surface area (Å²) in [6.07, 6.45) is 2.26. The molecule has 0 spiro atoms. The third kappa shape index (κ3) is 23.6. The van der Waals surface area contributed by atoms with E-state index in [1.807, 2.05) is 20.8 Å². The van der Waals surface area contributed by atoms with Crippen LogP contribution in [-0.4, -0.2) is 48.8 Å². The third-order valence-electron chi connectivity index (χ3n) is 1.50. The molecule has 0 fully saturated rings. The largest absolute Gasteiger partial charge is 0.394 e. The molecule has 100 valence electrons. The van der Waals surface area contributed by atoms with Crippen LogP contribution in [0.2, 0.25) is 0 Å². The van der Waals surface area contributed by atoms with E-state index in [-0.39, 0.29) is 18.8 Å². The third-order valence-corrected chi connectivity index (χ3v) is 1.50. The minimum atomic E-state index is -0.108. The maximum atomic E-state index is 8.30. The molecule has 0 aromatic rings. The molecule has 2 N–H and O–H groups in total. The lowest BCUT2D eigenvalue weighted by molar-refractivity contribution is -0.0199. The van der Waals surface area contributed by atoms with Crippen LogP contribution in [0.25, 0.3) is 0 Å². The number of hydrogen-bond donors (Lipinski definition) is 2. The van der Waals surface area contributed by atoms with Crippen molar-refractivity contribution in [1.82, 2.24) is 0 Å². The van der Waals surface area contributed by atoms with E-state index in [1.54, 1.807) is 0 Å². The second kappa shape index (κ2) is 12.9. The van der Waals surface area contributed by atoms with E-state index >= 15 is 0 Å². The standard InChI is InChI=1S/2C6H14O2/c1-6(2,3)8-5-4-7;1-2-3-5-8-6-4-7/h7H,4-5H2,1-3H3;7H,2-6H2,1H3. The van der Waals surface area contributed by atoms with Crippen molar-refractivity contribution in [3.63, 3.8) is 0 Å². The Morgan fingerprint density at radius 1 is 0.938 bits per heavy atom. The van der Waals surface area contributed by atoms with Gasteiger partial charge in [-0.1, -0.05) is 13.3 Å². The van der Waals surface area contributed by atoms with Crippen LogP contribution in [0.4, 0.5) is 0 Å². The van der Waals surface area contributed by atoms with E-state index in [9.17, 15) is 0 Å². The van der Waals surface area contributed by atoms with Crippen molar-refractivity contribution in [1.29, 1.82) is 0 Å². The van der Waals surface area contributed by atoms with Gasteiger partial charge >= 0.3 is 0 Å². The van der Waals surface area contributed by atoms with Gasteiger partial charge in [-0.25, -0.2) is 0 Å². The van der Waals surface area contributed by atoms with E-state index in [0.717, 1.165) is 19.4 Å². The van der Waals surface area contributed by atoms with Crippen LogP contribution in [0.5, 0.6) is 0 Å². The monoisotopic (exact) mass is 236 g/mol. The Kier molecular flexibility index (Phi) is 14.7. The molecule has 16 heavy (non-hydrogen) atoms. The minimum Gasteiger partial charge on any atom is -0.394 e. The van der Waals surface area contributed by atoms with Gasteiger partial charge in [0.05, 0.1) is 32.0 Å². The summed E-state index contributed by atoms with van der Waals surface area (Å²) in [5, 5.41) is 16.5. The molecular formula is C12H28O4. The first-order chi connectivity index (χ1) is 7.47. The van der Waals surface area contributed by atoms with Gasteiger partial charge in [0.15, 0.2) is 0 Å². The second-order valence-electron chi connectivity index (χ2n) is 4.37. The van der Waals surface area contributed by atoms with Crippen LogP contribution in [0.15, 0.2) is 0 Å². The van der Waals surface area contributed by atoms with Gasteiger partial charge in [-0.15, -0.1) is 0 Å². The van der Waals surface area contributed by atoms with E-state index in [4.69, 9.17) is 19.7 Å². The number of hydrogen-bond acceptors (Lipinski definition) is 4. The van der Waals surface area contributed by atoms with Crippen molar-refractivity contribution in [2.75, 3.05) is 33.0 Å². The Labute approximate surface area is 99.6 Å². The highest BCUT2D eigenvalue weighted by atomic mass is 16.5. The summed E-state index contributed by atoms with van der Waals surface area (Å²) in [6.45, 7) is 9.96. The van der Waals surface area contributed by atoms with Gasteiger partial charge in [0.1, 0.15) is 0 Å². The summed E-state index contributed by atoms with van der Waals surface area (Å²) in [6, 6.07) is 0. The Hall–Kier alpha value is -0.160. The van der Waals surface area contributed by atoms with Gasteiger partial charge < -0.3 is 19.7 Å². The highest BCUT2D eigenvalue weighted by molar-refractivity contribution is 4.57. The Balaban J connectivity index is 0. The first-order valence-corrected chi connectivity index (χ1v) is 5.91. The van der Waals surface area contributed by atoms with Crippen LogP contribution >= 0.6 is 0 Å². The van der Waals surface area contributed by atoms with Crippen molar-refractivity contribution in [3.8, 4) is 0 Å². The average molecular weight is 236 g/mol. The smallest absolute Gasteiger partial charge is 0.0704 e. The van der Waals surface area contributed by atoms with Gasteiger partial charge in [0.2, 0.25) is 0 Å². The van der Waals surface area contributed by atoms with Crippen molar-refractivity contribution >= 4 is 0 Å². The zero-order valence-electron chi connectivity index (χ0n) is 11.2. The van der Waals surface area contributed by atoms with Crippen LogP contribution in [0.3, 0.4) is 0 Å². The molecule has 0 aliphatic carbocycles. The van der Waals surface area contributed by atoms with Crippen LogP contribution in [-0.2, 0) is 9.47 Å². The number of unbranched alkanes of at least 4 members (excludes halogenated alkanes) is 1. The van der Waals surface area contributed by atoms with Gasteiger partial charge in [-0.05, 0) is 27.2 Å². The van der Waals surface area contributed by atoms with E-state index < -0.39 is 0 Å². The molecule has 0 unspecified atom stereocenters. The zero-order chi connectivity index (χ0) is 12.9. The Morgan fingerprint density at radius 3 is 1.81 bits per heavy atom. The Bertz CT molecular complexity index is 115. The highest BCUT2D eigenvalue weighted by Gasteiger charge is 2.07. The molecule has 0 atom stereocenters. The fourth-order valence-corrected chi connectivity index (χ4v) is 0.765. The molecule has 0 amide bonds. The molecule has 4 heteroatoms. The molecule has 0 heterocycles. The molecule has 0 saturated heterocycles. The quantitative estimate of drug-likeness (QED) is 0.659. The maximum absolute atomic E-state index is 8.30. The molecular weight excluding hydrogens is 208 g/mol. The number of aliphatic hydroxyl groups excluding tert-OH is 2. The summed E-state index contributed by atoms with van der Waals surface area (Å²) < 4.78 is 10.1. The summed E-state index contributed by atoms with van der Waals surface area (Å²) in [4.78, 5) is 0. The second-order valence-corrected chi connectivity index (χ2v) is 4.37. The van der Waals surface area contributed by atoms with Gasteiger partial charge in [-0.2, -0.15) is 0 Å². The molecule has 0 aliphatic heterocycles. The van der Waals surface area contributed by atoms with Crippen molar-refractivity contribution < 1.29 is 19.7 Å². The normalized spacial score (nSPS) is 10.9. The molecule has 0 saturated carbocycles. The lowest BCUT2D eigenvalue weighted by Gasteiger charge is -2.18. The predicted octanol–water partition coefficient (Wildman–Crippen LogP) is 1.59. The first kappa shape index (κ1) is 18.2. The van der Waals surface area contributed by atoms with Crippen LogP contribution in [0, 0.1) is 0 Å². The summed E-state index contributed by atoms with van der Waals surface area (Å²) in [5.74, 6) is 0. The number of ether oxygens (including phenoxy) is 2. The molecule has 0 radical (unpaired) electrons. The van der Waals surface area contributed by atoms with Crippen molar-refractivity contribution in [2.24, 2.45) is 0 Å². The molecule has 0 aromatic carbocycles. The summed E-state index contributed by atoms with van der Waals surface area (Å²) >= 11 is 0. The molecule has 0 bridgehead atoms. The van der Waals surface area contributed by atoms with Gasteiger partial charge in [-0.3, -0.25) is 0 Å². The van der Waals surface area contributed by atoms with E-state index in [1.165, 1.54) is 0 Å². The fourth-order valence-electron chi connectivity index (χ4n) is 0.765. The van der Waals surface area contributed by atoms with E-state index in [0.29, 0.717) is 13.2 Å². The number of aliphatic hydroxyl groups is 2. The molecule has 0 aliphatic rings. The van der Waals surface area contributed by atoms with Crippen LogP contribution in [0.1, 0.15) is 40.5 Å². The van der Waals surface area contributed by atoms with Crippen molar-refractivity contribution in [2.45, 2.75) is 46.1 Å². The lowest BCUT2D eigenvalue weighted by atomic mass is 10.2. The van der Waals surface area contributed by atoms with Crippen LogP contribution < -0.4 is 0 Å². The predicted molar refractivity (Wildman–Crippen MR) is 65.6 cm³/mol. The first-order valence-electron chi connectivity index (χ1n) is 5.91. The Morgan fingerprint density at radius 2 is 1.50 bits per heavy atom. The van der Waals surface area contributed by atoms with Gasteiger partial charge in [0, 0.05) is 6.61 Å². The van der Waals surface area contributed by atoms with Crippen molar-refractivity contribution in [3.05, 3.63) is 0 Å². The molecule has 4 nitrogen and oxygen atoms in total. The minimum absolute atomic E-state index is 0.108. The van der Waals surface area contributed by atoms with E-state index in [2.05, 4.69) is 6.92 Å². The molecule has 0 aromatic heterocycles. The topological polar surface area (TPSA) is 58.9 Å². The lowest BCUT2D eigenvalue weighted by Crippen LogP contribution is -2.20. The SMILES string of the molecule is CC(C)(C)OCCO.CCCCOCCO. The highest BCUT2D eigenvalue weighted by Crippen LogP contribution is 2.04. The summed E-state index contributed by atoms with van der Waals surface area (Å²) in [5.41, 5.74) is -0.108. The number of rotatable bonds is 7. The maximum Gasteiger partial charge on any atom is 0.0704 e. The molecule has 0 rings (SSSR count). The summed E-state index contributed by atoms with van der Waals surface area (Å²) in [7, 11) is 0. The average Bonchev–Trinajstić information content (AvgIpc) is 2.22. The van der Waals surface area contributed by atoms with Gasteiger partial charge in [0.25, 0.3) is 0 Å².